The van der Waals surface area contributed by atoms with Crippen LogP contribution in [0.15, 0.2) is 77.5 Å². The molecule has 0 fully saturated rings. The van der Waals surface area contributed by atoms with Crippen molar-refractivity contribution in [1.82, 2.24) is 9.97 Å². The van der Waals surface area contributed by atoms with E-state index in [2.05, 4.69) is 36.5 Å². The second-order valence-corrected chi connectivity index (χ2v) is 6.68. The Balaban J connectivity index is 1.48. The number of benzene rings is 2. The van der Waals surface area contributed by atoms with Crippen molar-refractivity contribution < 1.29 is 4.79 Å². The number of nitrogens with zero attached hydrogens (tertiary/aromatic N) is 1. The lowest BCUT2D eigenvalue weighted by Crippen LogP contribution is -2.19. The first-order chi connectivity index (χ1) is 12.7. The fourth-order valence-corrected chi connectivity index (χ4v) is 3.04. The zero-order valence-corrected chi connectivity index (χ0v) is 15.2. The van der Waals surface area contributed by atoms with Crippen molar-refractivity contribution in [3.63, 3.8) is 0 Å². The minimum absolute atomic E-state index is 0.281. The molecular formula is C20H15BrN4O. The van der Waals surface area contributed by atoms with Crippen LogP contribution in [-0.2, 0) is 0 Å². The maximum absolute atomic E-state index is 12.1. The monoisotopic (exact) mass is 406 g/mol. The lowest BCUT2D eigenvalue weighted by molar-refractivity contribution is 0.262. The first kappa shape index (κ1) is 16.4. The van der Waals surface area contributed by atoms with Crippen LogP contribution in [0.5, 0.6) is 0 Å². The van der Waals surface area contributed by atoms with Crippen LogP contribution < -0.4 is 10.6 Å². The zero-order valence-electron chi connectivity index (χ0n) is 13.7. The summed E-state index contributed by atoms with van der Waals surface area (Å²) in [5, 5.41) is 6.71. The fraction of sp³-hybridized carbons (Fsp3) is 0. The van der Waals surface area contributed by atoms with E-state index in [1.165, 1.54) is 0 Å². The summed E-state index contributed by atoms with van der Waals surface area (Å²) < 4.78 is 0.965. The highest BCUT2D eigenvalue weighted by Gasteiger charge is 2.07. The van der Waals surface area contributed by atoms with Crippen LogP contribution in [0.1, 0.15) is 0 Å². The van der Waals surface area contributed by atoms with Crippen LogP contribution in [-0.4, -0.2) is 16.0 Å². The molecule has 0 spiro atoms. The lowest BCUT2D eigenvalue weighted by Gasteiger charge is -2.09. The lowest BCUT2D eigenvalue weighted by atomic mass is 10.0. The van der Waals surface area contributed by atoms with E-state index in [-0.39, 0.29) is 6.03 Å². The standard InChI is InChI=1S/C20H15BrN4O/c21-14-3-7-16(8-4-14)25-20(26)24-15-5-1-13(2-6-15)17-9-11-22-19-18(17)10-12-23-19/h1-12H,(H,22,23)(H2,24,25,26). The molecule has 4 aromatic rings. The van der Waals surface area contributed by atoms with Crippen molar-refractivity contribution in [2.24, 2.45) is 0 Å². The van der Waals surface area contributed by atoms with E-state index in [4.69, 9.17) is 0 Å². The highest BCUT2D eigenvalue weighted by atomic mass is 79.9. The SMILES string of the molecule is O=C(Nc1ccc(Br)cc1)Nc1ccc(-c2ccnc3[nH]ccc23)cc1. The van der Waals surface area contributed by atoms with Gasteiger partial charge in [0.15, 0.2) is 0 Å². The molecule has 2 heterocycles. The van der Waals surface area contributed by atoms with E-state index in [9.17, 15) is 4.79 Å². The van der Waals surface area contributed by atoms with Crippen molar-refractivity contribution in [2.45, 2.75) is 0 Å². The molecule has 2 aromatic carbocycles. The predicted molar refractivity (Wildman–Crippen MR) is 108 cm³/mol. The Kier molecular flexibility index (Phi) is 4.41. The molecule has 0 aliphatic rings. The Morgan fingerprint density at radius 3 is 2.23 bits per heavy atom. The number of carbonyl (C=O) groups excluding carboxylic acids is 1. The molecule has 6 heteroatoms. The summed E-state index contributed by atoms with van der Waals surface area (Å²) in [4.78, 5) is 19.5. The number of pyridine rings is 1. The minimum Gasteiger partial charge on any atom is -0.346 e. The molecule has 3 N–H and O–H groups in total. The fourth-order valence-electron chi connectivity index (χ4n) is 2.77. The third-order valence-electron chi connectivity index (χ3n) is 4.02. The number of fused-ring (bicyclic) bond motifs is 1. The second kappa shape index (κ2) is 7.01. The largest absolute Gasteiger partial charge is 0.346 e. The molecule has 0 bridgehead atoms. The van der Waals surface area contributed by atoms with Gasteiger partial charge in [-0.25, -0.2) is 9.78 Å². The average Bonchev–Trinajstić information content (AvgIpc) is 3.13. The molecule has 5 nitrogen and oxygen atoms in total. The van der Waals surface area contributed by atoms with Gasteiger partial charge in [-0.15, -0.1) is 0 Å². The molecule has 0 unspecified atom stereocenters. The Hall–Kier alpha value is -3.12. The maximum Gasteiger partial charge on any atom is 0.323 e. The van der Waals surface area contributed by atoms with Gasteiger partial charge in [0, 0.05) is 33.6 Å². The molecule has 2 amide bonds. The topological polar surface area (TPSA) is 69.8 Å². The number of anilines is 2. The quantitative estimate of drug-likeness (QED) is 0.412. The van der Waals surface area contributed by atoms with Crippen LogP contribution in [0.25, 0.3) is 22.2 Å². The van der Waals surface area contributed by atoms with E-state index in [1.807, 2.05) is 66.9 Å². The molecule has 0 radical (unpaired) electrons. The normalized spacial score (nSPS) is 10.7. The Bertz CT molecular complexity index is 1060. The smallest absolute Gasteiger partial charge is 0.323 e. The number of nitrogens with one attached hydrogen (secondary N) is 3. The third-order valence-corrected chi connectivity index (χ3v) is 4.54. The van der Waals surface area contributed by atoms with Crippen LogP contribution in [0, 0.1) is 0 Å². The van der Waals surface area contributed by atoms with Crippen molar-refractivity contribution >= 4 is 44.4 Å². The number of halogens is 1. The highest BCUT2D eigenvalue weighted by molar-refractivity contribution is 9.10. The highest BCUT2D eigenvalue weighted by Crippen LogP contribution is 2.27. The molecule has 4 rings (SSSR count). The van der Waals surface area contributed by atoms with Gasteiger partial charge in [0.2, 0.25) is 0 Å². The summed E-state index contributed by atoms with van der Waals surface area (Å²) in [6.45, 7) is 0. The number of rotatable bonds is 3. The number of hydrogen-bond donors (Lipinski definition) is 3. The van der Waals surface area contributed by atoms with Crippen molar-refractivity contribution in [3.05, 3.63) is 77.5 Å². The number of H-pyrrole nitrogens is 1. The number of hydrogen-bond acceptors (Lipinski definition) is 2. The number of urea groups is 1. The van der Waals surface area contributed by atoms with Gasteiger partial charge in [-0.1, -0.05) is 28.1 Å². The molecule has 0 atom stereocenters. The molecule has 2 aromatic heterocycles. The first-order valence-electron chi connectivity index (χ1n) is 8.05. The van der Waals surface area contributed by atoms with Crippen molar-refractivity contribution in [2.75, 3.05) is 10.6 Å². The van der Waals surface area contributed by atoms with E-state index >= 15 is 0 Å². The predicted octanol–water partition coefficient (Wildman–Crippen LogP) is 5.64. The van der Waals surface area contributed by atoms with Crippen molar-refractivity contribution in [1.29, 1.82) is 0 Å². The van der Waals surface area contributed by atoms with E-state index in [1.54, 1.807) is 6.20 Å². The molecule has 0 aliphatic carbocycles. The molecule has 128 valence electrons. The molecule has 0 saturated carbocycles. The Morgan fingerprint density at radius 2 is 1.54 bits per heavy atom. The van der Waals surface area contributed by atoms with Crippen LogP contribution in [0.2, 0.25) is 0 Å². The van der Waals surface area contributed by atoms with E-state index < -0.39 is 0 Å². The summed E-state index contributed by atoms with van der Waals surface area (Å²) in [6, 6.07) is 18.9. The van der Waals surface area contributed by atoms with Gasteiger partial charge in [-0.2, -0.15) is 0 Å². The molecular weight excluding hydrogens is 392 g/mol. The summed E-state index contributed by atoms with van der Waals surface area (Å²) in [7, 11) is 0. The summed E-state index contributed by atoms with van der Waals surface area (Å²) in [5.41, 5.74) is 4.48. The van der Waals surface area contributed by atoms with E-state index in [0.29, 0.717) is 0 Å². The van der Waals surface area contributed by atoms with Gasteiger partial charge < -0.3 is 15.6 Å². The zero-order chi connectivity index (χ0) is 17.9. The third kappa shape index (κ3) is 3.45. The maximum atomic E-state index is 12.1. The Morgan fingerprint density at radius 1 is 0.885 bits per heavy atom. The molecule has 0 saturated heterocycles. The number of amides is 2. The summed E-state index contributed by atoms with van der Waals surface area (Å²) in [5.74, 6) is 0. The first-order valence-corrected chi connectivity index (χ1v) is 8.84. The van der Waals surface area contributed by atoms with Gasteiger partial charge in [-0.05, 0) is 59.7 Å². The minimum atomic E-state index is -0.281. The van der Waals surface area contributed by atoms with Crippen LogP contribution in [0.3, 0.4) is 0 Å². The number of aromatic amines is 1. The Labute approximate surface area is 158 Å². The molecule has 26 heavy (non-hydrogen) atoms. The number of aromatic nitrogens is 2. The van der Waals surface area contributed by atoms with Crippen LogP contribution >= 0.6 is 15.9 Å². The van der Waals surface area contributed by atoms with Gasteiger partial charge in [0.05, 0.1) is 0 Å². The second-order valence-electron chi connectivity index (χ2n) is 5.76. The summed E-state index contributed by atoms with van der Waals surface area (Å²) in [6.07, 6.45) is 3.66. The van der Waals surface area contributed by atoms with Gasteiger partial charge >= 0.3 is 6.03 Å². The number of carbonyl (C=O) groups is 1. The van der Waals surface area contributed by atoms with Gasteiger partial charge in [-0.3, -0.25) is 0 Å². The van der Waals surface area contributed by atoms with E-state index in [0.717, 1.165) is 38.0 Å². The molecule has 0 aliphatic heterocycles. The van der Waals surface area contributed by atoms with Gasteiger partial charge in [0.25, 0.3) is 0 Å². The van der Waals surface area contributed by atoms with Crippen LogP contribution in [0.4, 0.5) is 16.2 Å². The summed E-state index contributed by atoms with van der Waals surface area (Å²) >= 11 is 3.37. The van der Waals surface area contributed by atoms with Gasteiger partial charge in [0.1, 0.15) is 5.65 Å². The van der Waals surface area contributed by atoms with Crippen molar-refractivity contribution in [3.8, 4) is 11.1 Å². The average molecular weight is 407 g/mol.